The number of fused-ring (bicyclic) bond motifs is 2. The van der Waals surface area contributed by atoms with Crippen LogP contribution in [0.4, 0.5) is 0 Å². The molecule has 0 saturated heterocycles. The van der Waals surface area contributed by atoms with Gasteiger partial charge in [0.2, 0.25) is 0 Å². The second kappa shape index (κ2) is 8.95. The van der Waals surface area contributed by atoms with Crippen molar-refractivity contribution < 1.29 is 9.59 Å². The van der Waals surface area contributed by atoms with Gasteiger partial charge in [-0.05, 0) is 37.6 Å². The van der Waals surface area contributed by atoms with E-state index in [4.69, 9.17) is 0 Å². The molecule has 0 radical (unpaired) electrons. The highest BCUT2D eigenvalue weighted by molar-refractivity contribution is 6.06. The highest BCUT2D eigenvalue weighted by atomic mass is 16.2. The van der Waals surface area contributed by atoms with E-state index in [-0.39, 0.29) is 18.4 Å². The number of unbranched alkanes of at least 4 members (excludes halogenated alkanes) is 1. The Balaban J connectivity index is 1.50. The quantitative estimate of drug-likeness (QED) is 0.470. The Morgan fingerprint density at radius 2 is 1.71 bits per heavy atom. The van der Waals surface area contributed by atoms with Crippen LogP contribution in [-0.2, 0) is 17.8 Å². The van der Waals surface area contributed by atoms with Crippen molar-refractivity contribution in [3.8, 4) is 0 Å². The van der Waals surface area contributed by atoms with E-state index in [1.54, 1.807) is 6.07 Å². The van der Waals surface area contributed by atoms with Crippen LogP contribution in [0.1, 0.15) is 41.6 Å². The monoisotopic (exact) mass is 415 g/mol. The number of benzene rings is 2. The molecular weight excluding hydrogens is 390 g/mol. The first kappa shape index (κ1) is 20.5. The van der Waals surface area contributed by atoms with Crippen molar-refractivity contribution in [2.45, 2.75) is 39.7 Å². The lowest BCUT2D eigenvalue weighted by Crippen LogP contribution is -2.43. The summed E-state index contributed by atoms with van der Waals surface area (Å²) in [5.74, 6) is 0.182. The van der Waals surface area contributed by atoms with E-state index < -0.39 is 0 Å². The summed E-state index contributed by atoms with van der Waals surface area (Å²) in [7, 11) is 0. The Bertz CT molecular complexity index is 1260. The average molecular weight is 415 g/mol. The van der Waals surface area contributed by atoms with Crippen LogP contribution < -0.4 is 10.9 Å². The minimum absolute atomic E-state index is 0.0793. The smallest absolute Gasteiger partial charge is 0.270 e. The number of aromatic nitrogens is 3. The highest BCUT2D eigenvalue weighted by Crippen LogP contribution is 2.19. The number of rotatable bonds is 6. The third-order valence-electron chi connectivity index (χ3n) is 5.19. The van der Waals surface area contributed by atoms with Gasteiger partial charge in [-0.1, -0.05) is 43.7 Å². The molecule has 0 bridgehead atoms. The average Bonchev–Trinajstić information content (AvgIpc) is 3.12. The van der Waals surface area contributed by atoms with E-state index in [1.165, 1.54) is 0 Å². The zero-order valence-electron chi connectivity index (χ0n) is 17.7. The highest BCUT2D eigenvalue weighted by Gasteiger charge is 2.15. The zero-order chi connectivity index (χ0) is 21.8. The van der Waals surface area contributed by atoms with Gasteiger partial charge in [0.05, 0.1) is 22.1 Å². The molecule has 31 heavy (non-hydrogen) atoms. The second-order valence-corrected chi connectivity index (χ2v) is 7.54. The first-order valence-electron chi connectivity index (χ1n) is 10.5. The fourth-order valence-corrected chi connectivity index (χ4v) is 3.70. The van der Waals surface area contributed by atoms with Gasteiger partial charge in [-0.15, -0.1) is 0 Å². The summed E-state index contributed by atoms with van der Waals surface area (Å²) in [4.78, 5) is 34.6. The molecule has 0 aliphatic rings. The molecule has 2 N–H and O–H groups in total. The minimum atomic E-state index is -0.378. The molecule has 0 unspecified atom stereocenters. The van der Waals surface area contributed by atoms with Gasteiger partial charge in [0.25, 0.3) is 11.8 Å². The first-order chi connectivity index (χ1) is 15.1. The fourth-order valence-electron chi connectivity index (χ4n) is 3.70. The number of para-hydroxylation sites is 3. The largest absolute Gasteiger partial charge is 0.318 e. The van der Waals surface area contributed by atoms with Gasteiger partial charge in [0.1, 0.15) is 12.4 Å². The topological polar surface area (TPSA) is 88.9 Å². The number of aryl methyl sites for hydroxylation is 2. The molecule has 7 heteroatoms. The number of hydrazine groups is 1. The summed E-state index contributed by atoms with van der Waals surface area (Å²) in [5, 5.41) is 0.738. The lowest BCUT2D eigenvalue weighted by atomic mass is 10.1. The van der Waals surface area contributed by atoms with Crippen molar-refractivity contribution in [1.82, 2.24) is 25.4 Å². The lowest BCUT2D eigenvalue weighted by molar-refractivity contribution is -0.122. The third kappa shape index (κ3) is 4.40. The van der Waals surface area contributed by atoms with Gasteiger partial charge >= 0.3 is 0 Å². The second-order valence-electron chi connectivity index (χ2n) is 7.54. The molecule has 7 nitrogen and oxygen atoms in total. The van der Waals surface area contributed by atoms with E-state index in [0.29, 0.717) is 5.56 Å². The Morgan fingerprint density at radius 3 is 2.52 bits per heavy atom. The molecule has 2 aromatic carbocycles. The maximum atomic E-state index is 12.8. The molecular formula is C24H25N5O2. The lowest BCUT2D eigenvalue weighted by Gasteiger charge is -2.12. The number of imidazole rings is 1. The van der Waals surface area contributed by atoms with E-state index in [9.17, 15) is 9.59 Å². The third-order valence-corrected chi connectivity index (χ3v) is 5.19. The molecule has 2 amide bonds. The first-order valence-corrected chi connectivity index (χ1v) is 10.5. The minimum Gasteiger partial charge on any atom is -0.318 e. The molecule has 0 fully saturated rings. The van der Waals surface area contributed by atoms with Crippen LogP contribution in [0.3, 0.4) is 0 Å². The van der Waals surface area contributed by atoms with Crippen LogP contribution in [-0.4, -0.2) is 26.3 Å². The Kier molecular flexibility index (Phi) is 5.93. The number of nitrogens with zero attached hydrogens (tertiary/aromatic N) is 3. The van der Waals surface area contributed by atoms with Crippen LogP contribution in [0, 0.1) is 6.92 Å². The molecule has 0 spiro atoms. The number of hydrogen-bond donors (Lipinski definition) is 2. The predicted octanol–water partition coefficient (Wildman–Crippen LogP) is 3.70. The number of amides is 2. The SMILES string of the molecule is CCCCc1nc2ccccc2n1CC(=O)NNC(=O)c1cc(C)nc2ccccc12. The summed E-state index contributed by atoms with van der Waals surface area (Å²) in [6.07, 6.45) is 2.84. The van der Waals surface area contributed by atoms with Crippen LogP contribution in [0.5, 0.6) is 0 Å². The number of nitrogens with one attached hydrogen (secondary N) is 2. The van der Waals surface area contributed by atoms with Crippen molar-refractivity contribution in [3.63, 3.8) is 0 Å². The summed E-state index contributed by atoms with van der Waals surface area (Å²) >= 11 is 0. The Hall–Kier alpha value is -3.74. The number of carbonyl (C=O) groups excluding carboxylic acids is 2. The fraction of sp³-hybridized carbons (Fsp3) is 0.250. The van der Waals surface area contributed by atoms with Crippen molar-refractivity contribution in [3.05, 3.63) is 71.7 Å². The molecule has 2 heterocycles. The zero-order valence-corrected chi connectivity index (χ0v) is 17.7. The van der Waals surface area contributed by atoms with Gasteiger partial charge in [0.15, 0.2) is 0 Å². The number of hydrogen-bond acceptors (Lipinski definition) is 4. The van der Waals surface area contributed by atoms with Gasteiger partial charge in [-0.3, -0.25) is 25.4 Å². The van der Waals surface area contributed by atoms with Crippen molar-refractivity contribution in [2.24, 2.45) is 0 Å². The molecule has 4 rings (SSSR count). The van der Waals surface area contributed by atoms with E-state index in [0.717, 1.165) is 52.7 Å². The molecule has 4 aromatic rings. The Labute approximate surface area is 180 Å². The maximum Gasteiger partial charge on any atom is 0.270 e. The van der Waals surface area contributed by atoms with Crippen LogP contribution in [0.25, 0.3) is 21.9 Å². The summed E-state index contributed by atoms with van der Waals surface area (Å²) in [6.45, 7) is 4.04. The van der Waals surface area contributed by atoms with E-state index in [2.05, 4.69) is 27.7 Å². The number of pyridine rings is 1. The van der Waals surface area contributed by atoms with Gasteiger partial charge in [-0.2, -0.15) is 0 Å². The summed E-state index contributed by atoms with van der Waals surface area (Å²) in [5.41, 5.74) is 8.81. The maximum absolute atomic E-state index is 12.8. The summed E-state index contributed by atoms with van der Waals surface area (Å²) in [6, 6.07) is 16.9. The molecule has 158 valence electrons. The molecule has 0 aliphatic carbocycles. The summed E-state index contributed by atoms with van der Waals surface area (Å²) < 4.78 is 1.92. The van der Waals surface area contributed by atoms with Crippen molar-refractivity contribution in [1.29, 1.82) is 0 Å². The standard InChI is InChI=1S/C24H25N5O2/c1-3-4-13-22-26-20-11-7-8-12-21(20)29(22)15-23(30)27-28-24(31)18-14-16(2)25-19-10-6-5-9-17(18)19/h5-12,14H,3-4,13,15H2,1-2H3,(H,27,30)(H,28,31). The van der Waals surface area contributed by atoms with Gasteiger partial charge in [-0.25, -0.2) is 4.98 Å². The van der Waals surface area contributed by atoms with Gasteiger partial charge in [0, 0.05) is 17.5 Å². The normalized spacial score (nSPS) is 11.0. The predicted molar refractivity (Wildman–Crippen MR) is 120 cm³/mol. The van der Waals surface area contributed by atoms with Crippen LogP contribution in [0.2, 0.25) is 0 Å². The van der Waals surface area contributed by atoms with Crippen LogP contribution >= 0.6 is 0 Å². The molecule has 2 aromatic heterocycles. The molecule has 0 saturated carbocycles. The van der Waals surface area contributed by atoms with Crippen LogP contribution in [0.15, 0.2) is 54.6 Å². The number of carbonyl (C=O) groups is 2. The molecule has 0 atom stereocenters. The van der Waals surface area contributed by atoms with Crippen molar-refractivity contribution >= 4 is 33.8 Å². The van der Waals surface area contributed by atoms with E-state index in [1.807, 2.05) is 60.0 Å². The van der Waals surface area contributed by atoms with E-state index >= 15 is 0 Å². The molecule has 0 aliphatic heterocycles. The Morgan fingerprint density at radius 1 is 0.968 bits per heavy atom. The van der Waals surface area contributed by atoms with Gasteiger partial charge < -0.3 is 4.57 Å². The van der Waals surface area contributed by atoms with Crippen molar-refractivity contribution in [2.75, 3.05) is 0 Å².